The molecule has 7 heteroatoms. The van der Waals surface area contributed by atoms with Crippen molar-refractivity contribution in [3.8, 4) is 0 Å². The fourth-order valence-corrected chi connectivity index (χ4v) is 3.45. The molecule has 30 heavy (non-hydrogen) atoms. The maximum absolute atomic E-state index is 14.2. The standard InChI is InChI=1S/C23H24FN3O3/c24-19-13-20(15-21(14-19)26-8-11-29-12-9-26)25-23(28)27(17-22-7-4-10-30-22)16-18-5-2-1-3-6-18/h1-7,10,13-15H,8-9,11-12,16-17H2,(H,25,28). The van der Waals surface area contributed by atoms with Crippen LogP contribution in [0.3, 0.4) is 0 Å². The number of rotatable bonds is 6. The predicted molar refractivity (Wildman–Crippen MR) is 113 cm³/mol. The highest BCUT2D eigenvalue weighted by atomic mass is 19.1. The Labute approximate surface area is 174 Å². The van der Waals surface area contributed by atoms with Gasteiger partial charge in [0, 0.05) is 31.0 Å². The van der Waals surface area contributed by atoms with Gasteiger partial charge in [-0.25, -0.2) is 9.18 Å². The Morgan fingerprint density at radius 3 is 2.57 bits per heavy atom. The fraction of sp³-hybridized carbons (Fsp3) is 0.261. The number of nitrogens with zero attached hydrogens (tertiary/aromatic N) is 2. The number of benzene rings is 2. The molecule has 0 spiro atoms. The van der Waals surface area contributed by atoms with E-state index in [1.54, 1.807) is 23.3 Å². The molecule has 1 aromatic heterocycles. The lowest BCUT2D eigenvalue weighted by Gasteiger charge is -2.29. The van der Waals surface area contributed by atoms with Crippen LogP contribution < -0.4 is 10.2 Å². The normalized spacial score (nSPS) is 13.8. The van der Waals surface area contributed by atoms with E-state index < -0.39 is 5.82 Å². The molecular formula is C23H24FN3O3. The van der Waals surface area contributed by atoms with Gasteiger partial charge in [-0.15, -0.1) is 0 Å². The number of carbonyl (C=O) groups is 1. The van der Waals surface area contributed by atoms with Crippen LogP contribution in [-0.2, 0) is 17.8 Å². The minimum Gasteiger partial charge on any atom is -0.467 e. The number of carbonyl (C=O) groups excluding carboxylic acids is 1. The van der Waals surface area contributed by atoms with Gasteiger partial charge in [-0.05, 0) is 35.9 Å². The summed E-state index contributed by atoms with van der Waals surface area (Å²) in [6, 6.07) is 17.6. The summed E-state index contributed by atoms with van der Waals surface area (Å²) in [7, 11) is 0. The molecule has 6 nitrogen and oxygen atoms in total. The zero-order chi connectivity index (χ0) is 20.8. The molecule has 4 rings (SSSR count). The largest absolute Gasteiger partial charge is 0.467 e. The van der Waals surface area contributed by atoms with E-state index in [1.165, 1.54) is 12.1 Å². The smallest absolute Gasteiger partial charge is 0.322 e. The van der Waals surface area contributed by atoms with Crippen molar-refractivity contribution in [3.05, 3.63) is 84.1 Å². The van der Waals surface area contributed by atoms with E-state index in [4.69, 9.17) is 9.15 Å². The number of hydrogen-bond acceptors (Lipinski definition) is 4. The summed E-state index contributed by atoms with van der Waals surface area (Å²) in [5.41, 5.74) is 2.14. The average Bonchev–Trinajstić information content (AvgIpc) is 3.27. The molecule has 1 N–H and O–H groups in total. The second-order valence-corrected chi connectivity index (χ2v) is 7.15. The molecule has 0 radical (unpaired) electrons. The lowest BCUT2D eigenvalue weighted by atomic mass is 10.2. The van der Waals surface area contributed by atoms with Crippen LogP contribution >= 0.6 is 0 Å². The Balaban J connectivity index is 1.51. The summed E-state index contributed by atoms with van der Waals surface area (Å²) in [4.78, 5) is 16.7. The lowest BCUT2D eigenvalue weighted by molar-refractivity contribution is 0.122. The molecule has 156 valence electrons. The summed E-state index contributed by atoms with van der Waals surface area (Å²) in [6.07, 6.45) is 1.58. The molecule has 2 aromatic carbocycles. The maximum atomic E-state index is 14.2. The van der Waals surface area contributed by atoms with Gasteiger partial charge in [0.25, 0.3) is 0 Å². The van der Waals surface area contributed by atoms with Crippen LogP contribution in [0.15, 0.2) is 71.3 Å². The topological polar surface area (TPSA) is 58.0 Å². The minimum absolute atomic E-state index is 0.305. The Morgan fingerprint density at radius 2 is 1.83 bits per heavy atom. The molecule has 0 unspecified atom stereocenters. The van der Waals surface area contributed by atoms with Gasteiger partial charge in [0.1, 0.15) is 11.6 Å². The molecular weight excluding hydrogens is 385 g/mol. The van der Waals surface area contributed by atoms with Gasteiger partial charge >= 0.3 is 6.03 Å². The van der Waals surface area contributed by atoms with Crippen molar-refractivity contribution in [2.75, 3.05) is 36.5 Å². The van der Waals surface area contributed by atoms with Crippen LogP contribution in [0.2, 0.25) is 0 Å². The zero-order valence-electron chi connectivity index (χ0n) is 16.6. The van der Waals surface area contributed by atoms with Gasteiger partial charge in [0.15, 0.2) is 0 Å². The quantitative estimate of drug-likeness (QED) is 0.652. The van der Waals surface area contributed by atoms with Gasteiger partial charge in [0.05, 0.1) is 26.0 Å². The third-order valence-electron chi connectivity index (χ3n) is 4.94. The summed E-state index contributed by atoms with van der Waals surface area (Å²) in [5.74, 6) is 0.282. The van der Waals surface area contributed by atoms with Crippen molar-refractivity contribution in [1.82, 2.24) is 4.90 Å². The second-order valence-electron chi connectivity index (χ2n) is 7.15. The van der Waals surface area contributed by atoms with Gasteiger partial charge in [0.2, 0.25) is 0 Å². The first-order valence-corrected chi connectivity index (χ1v) is 9.93. The molecule has 0 aliphatic carbocycles. The number of ether oxygens (including phenoxy) is 1. The highest BCUT2D eigenvalue weighted by Gasteiger charge is 2.18. The van der Waals surface area contributed by atoms with Crippen molar-refractivity contribution >= 4 is 17.4 Å². The van der Waals surface area contributed by atoms with Gasteiger partial charge in [-0.1, -0.05) is 30.3 Å². The van der Waals surface area contributed by atoms with Crippen molar-refractivity contribution < 1.29 is 18.3 Å². The average molecular weight is 409 g/mol. The molecule has 1 aliphatic heterocycles. The van der Waals surface area contributed by atoms with Crippen molar-refractivity contribution in [3.63, 3.8) is 0 Å². The molecule has 0 saturated carbocycles. The highest BCUT2D eigenvalue weighted by molar-refractivity contribution is 5.90. The number of anilines is 2. The number of furan rings is 1. The zero-order valence-corrected chi connectivity index (χ0v) is 16.6. The summed E-state index contributed by atoms with van der Waals surface area (Å²) in [5, 5.41) is 2.84. The Hall–Kier alpha value is -3.32. The van der Waals surface area contributed by atoms with E-state index in [1.807, 2.05) is 41.3 Å². The molecule has 2 amide bonds. The summed E-state index contributed by atoms with van der Waals surface area (Å²) in [6.45, 7) is 3.29. The van der Waals surface area contributed by atoms with E-state index in [2.05, 4.69) is 5.32 Å². The van der Waals surface area contributed by atoms with Crippen LogP contribution in [0.5, 0.6) is 0 Å². The molecule has 0 atom stereocenters. The summed E-state index contributed by atoms with van der Waals surface area (Å²) < 4.78 is 25.0. The van der Waals surface area contributed by atoms with Gasteiger partial charge in [-0.3, -0.25) is 0 Å². The third kappa shape index (κ3) is 5.18. The maximum Gasteiger partial charge on any atom is 0.322 e. The fourth-order valence-electron chi connectivity index (χ4n) is 3.45. The van der Waals surface area contributed by atoms with E-state index in [-0.39, 0.29) is 6.03 Å². The Bertz CT molecular complexity index is 957. The van der Waals surface area contributed by atoms with Gasteiger partial charge < -0.3 is 24.3 Å². The lowest BCUT2D eigenvalue weighted by Crippen LogP contribution is -2.36. The highest BCUT2D eigenvalue weighted by Crippen LogP contribution is 2.23. The predicted octanol–water partition coefficient (Wildman–Crippen LogP) is 4.49. The Morgan fingerprint density at radius 1 is 1.03 bits per heavy atom. The van der Waals surface area contributed by atoms with Crippen LogP contribution in [0.1, 0.15) is 11.3 Å². The van der Waals surface area contributed by atoms with Crippen LogP contribution in [0, 0.1) is 5.82 Å². The SMILES string of the molecule is O=C(Nc1cc(F)cc(N2CCOCC2)c1)N(Cc1ccccc1)Cc1ccco1. The number of amides is 2. The molecule has 3 aromatic rings. The van der Waals surface area contributed by atoms with Crippen molar-refractivity contribution in [2.24, 2.45) is 0 Å². The first kappa shape index (κ1) is 20.0. The second kappa shape index (κ2) is 9.45. The minimum atomic E-state index is -0.394. The van der Waals surface area contributed by atoms with E-state index in [0.29, 0.717) is 50.8 Å². The van der Waals surface area contributed by atoms with Crippen LogP contribution in [0.4, 0.5) is 20.6 Å². The number of halogens is 1. The molecule has 1 aliphatic rings. The van der Waals surface area contributed by atoms with E-state index in [9.17, 15) is 9.18 Å². The van der Waals surface area contributed by atoms with E-state index in [0.717, 1.165) is 11.3 Å². The number of hydrogen-bond donors (Lipinski definition) is 1. The van der Waals surface area contributed by atoms with Crippen LogP contribution in [0.25, 0.3) is 0 Å². The monoisotopic (exact) mass is 409 g/mol. The summed E-state index contributed by atoms with van der Waals surface area (Å²) >= 11 is 0. The molecule has 2 heterocycles. The molecule has 0 bridgehead atoms. The third-order valence-corrected chi connectivity index (χ3v) is 4.94. The molecule has 1 saturated heterocycles. The Kier molecular flexibility index (Phi) is 6.29. The molecule has 1 fully saturated rings. The number of urea groups is 1. The number of nitrogens with one attached hydrogen (secondary N) is 1. The van der Waals surface area contributed by atoms with Crippen molar-refractivity contribution in [1.29, 1.82) is 0 Å². The van der Waals surface area contributed by atoms with E-state index >= 15 is 0 Å². The first-order valence-electron chi connectivity index (χ1n) is 9.93. The number of morpholine rings is 1. The van der Waals surface area contributed by atoms with Crippen molar-refractivity contribution in [2.45, 2.75) is 13.1 Å². The van der Waals surface area contributed by atoms with Crippen LogP contribution in [-0.4, -0.2) is 37.2 Å². The van der Waals surface area contributed by atoms with Gasteiger partial charge in [-0.2, -0.15) is 0 Å². The first-order chi connectivity index (χ1) is 14.7.